The second-order valence-electron chi connectivity index (χ2n) is 11.0. The molecule has 1 N–H and O–H groups in total. The van der Waals surface area contributed by atoms with E-state index in [9.17, 15) is 18.0 Å². The highest BCUT2D eigenvalue weighted by Gasteiger charge is 2.35. The van der Waals surface area contributed by atoms with Crippen LogP contribution < -0.4 is 9.62 Å². The molecule has 0 heterocycles. The van der Waals surface area contributed by atoms with E-state index in [-0.39, 0.29) is 29.3 Å². The van der Waals surface area contributed by atoms with Gasteiger partial charge in [-0.05, 0) is 61.2 Å². The third kappa shape index (κ3) is 8.36. The Kier molecular flexibility index (Phi) is 11.5. The third-order valence-electron chi connectivity index (χ3n) is 7.85. The lowest BCUT2D eigenvalue weighted by Gasteiger charge is -2.34. The van der Waals surface area contributed by atoms with Crippen LogP contribution in [0.25, 0.3) is 0 Å². The monoisotopic (exact) mass is 629 g/mol. The predicted molar refractivity (Wildman–Crippen MR) is 176 cm³/mol. The van der Waals surface area contributed by atoms with Gasteiger partial charge >= 0.3 is 0 Å². The zero-order valence-electron chi connectivity index (χ0n) is 25.9. The lowest BCUT2D eigenvalue weighted by molar-refractivity contribution is -0.140. The standard InChI is InChI=1S/C36H40FN3O4S/c1-4-5-23-38-36(42)34(24-29-16-8-6-9-17-29)39(25-30-18-12-13-21-32(30)37)35(41)26-40(33-22-14-15-27(2)28(33)3)45(43,44)31-19-10-7-11-20-31/h6-22,34H,4-5,23-26H2,1-3H3,(H,38,42)/t34-/m0/s1. The first-order valence-electron chi connectivity index (χ1n) is 15.1. The van der Waals surface area contributed by atoms with Crippen molar-refractivity contribution in [3.05, 3.63) is 131 Å². The molecule has 0 fully saturated rings. The fourth-order valence-corrected chi connectivity index (χ4v) is 6.60. The van der Waals surface area contributed by atoms with Crippen LogP contribution in [0.5, 0.6) is 0 Å². The highest BCUT2D eigenvalue weighted by Crippen LogP contribution is 2.29. The Morgan fingerprint density at radius 2 is 1.49 bits per heavy atom. The zero-order chi connectivity index (χ0) is 32.4. The number of unbranched alkanes of at least 4 members (excludes halogenated alkanes) is 1. The molecule has 236 valence electrons. The highest BCUT2D eigenvalue weighted by molar-refractivity contribution is 7.92. The van der Waals surface area contributed by atoms with Crippen LogP contribution in [0.4, 0.5) is 10.1 Å². The minimum atomic E-state index is -4.21. The number of nitrogens with zero attached hydrogens (tertiary/aromatic N) is 2. The van der Waals surface area contributed by atoms with Gasteiger partial charge in [-0.1, -0.05) is 92.2 Å². The van der Waals surface area contributed by atoms with Gasteiger partial charge in [-0.15, -0.1) is 0 Å². The first-order valence-corrected chi connectivity index (χ1v) is 16.6. The van der Waals surface area contributed by atoms with Crippen molar-refractivity contribution in [1.82, 2.24) is 10.2 Å². The Hall–Kier alpha value is -4.50. The molecule has 45 heavy (non-hydrogen) atoms. The molecular weight excluding hydrogens is 589 g/mol. The molecule has 1 atom stereocenters. The molecule has 7 nitrogen and oxygen atoms in total. The molecule has 9 heteroatoms. The number of hydrogen-bond acceptors (Lipinski definition) is 4. The average molecular weight is 630 g/mol. The minimum Gasteiger partial charge on any atom is -0.354 e. The van der Waals surface area contributed by atoms with Gasteiger partial charge in [-0.2, -0.15) is 0 Å². The fraction of sp³-hybridized carbons (Fsp3) is 0.278. The summed E-state index contributed by atoms with van der Waals surface area (Å²) in [5, 5.41) is 2.94. The van der Waals surface area contributed by atoms with Gasteiger partial charge in [0.25, 0.3) is 10.0 Å². The summed E-state index contributed by atoms with van der Waals surface area (Å²) >= 11 is 0. The SMILES string of the molecule is CCCCNC(=O)[C@H](Cc1ccccc1)N(Cc1ccccc1F)C(=O)CN(c1cccc(C)c1C)S(=O)(=O)c1ccccc1. The molecule has 2 amide bonds. The Balaban J connectivity index is 1.82. The van der Waals surface area contributed by atoms with Crippen LogP contribution in [0.1, 0.15) is 42.0 Å². The number of nitrogens with one attached hydrogen (secondary N) is 1. The normalized spacial score (nSPS) is 11.9. The summed E-state index contributed by atoms with van der Waals surface area (Å²) in [5.41, 5.74) is 2.93. The fourth-order valence-electron chi connectivity index (χ4n) is 5.11. The van der Waals surface area contributed by atoms with Gasteiger partial charge in [-0.25, -0.2) is 12.8 Å². The van der Waals surface area contributed by atoms with Gasteiger partial charge in [0.05, 0.1) is 10.6 Å². The third-order valence-corrected chi connectivity index (χ3v) is 9.63. The summed E-state index contributed by atoms with van der Waals surface area (Å²) in [4.78, 5) is 29.6. The van der Waals surface area contributed by atoms with Crippen LogP contribution in [0.3, 0.4) is 0 Å². The number of aryl methyl sites for hydroxylation is 1. The number of sulfonamides is 1. The number of hydrogen-bond donors (Lipinski definition) is 1. The molecule has 0 radical (unpaired) electrons. The quantitative estimate of drug-likeness (QED) is 0.169. The van der Waals surface area contributed by atoms with E-state index in [0.717, 1.165) is 28.3 Å². The number of carbonyl (C=O) groups excluding carboxylic acids is 2. The zero-order valence-corrected chi connectivity index (χ0v) is 26.8. The molecule has 0 spiro atoms. The number of carbonyl (C=O) groups is 2. The molecule has 4 rings (SSSR count). The molecule has 4 aromatic carbocycles. The van der Waals surface area contributed by atoms with E-state index >= 15 is 4.39 Å². The van der Waals surface area contributed by atoms with Crippen molar-refractivity contribution in [3.63, 3.8) is 0 Å². The molecule has 0 aliphatic carbocycles. The van der Waals surface area contributed by atoms with Crippen molar-refractivity contribution in [2.45, 2.75) is 57.5 Å². The first-order chi connectivity index (χ1) is 21.6. The molecule has 0 unspecified atom stereocenters. The van der Waals surface area contributed by atoms with Crippen LogP contribution >= 0.6 is 0 Å². The summed E-state index contributed by atoms with van der Waals surface area (Å²) in [5.74, 6) is -1.55. The van der Waals surface area contributed by atoms with Crippen molar-refractivity contribution in [2.24, 2.45) is 0 Å². The van der Waals surface area contributed by atoms with Crippen LogP contribution in [0, 0.1) is 19.7 Å². The van der Waals surface area contributed by atoms with Gasteiger partial charge in [0.2, 0.25) is 11.8 Å². The Bertz CT molecular complexity index is 1700. The molecule has 0 saturated heterocycles. The molecule has 0 bridgehead atoms. The van der Waals surface area contributed by atoms with E-state index in [4.69, 9.17) is 0 Å². The predicted octanol–water partition coefficient (Wildman–Crippen LogP) is 6.19. The molecule has 0 saturated carbocycles. The smallest absolute Gasteiger partial charge is 0.264 e. The van der Waals surface area contributed by atoms with Crippen LogP contribution in [-0.2, 0) is 32.6 Å². The minimum absolute atomic E-state index is 0.0255. The summed E-state index contributed by atoms with van der Waals surface area (Å²) in [7, 11) is -4.21. The summed E-state index contributed by atoms with van der Waals surface area (Å²) in [6, 6.07) is 27.5. The summed E-state index contributed by atoms with van der Waals surface area (Å²) < 4.78 is 44.4. The lowest BCUT2D eigenvalue weighted by Crippen LogP contribution is -2.53. The Labute approximate surface area is 265 Å². The van der Waals surface area contributed by atoms with Gasteiger partial charge in [0.1, 0.15) is 18.4 Å². The maximum atomic E-state index is 15.0. The molecule has 0 aromatic heterocycles. The van der Waals surface area contributed by atoms with Gasteiger partial charge < -0.3 is 10.2 Å². The Morgan fingerprint density at radius 3 is 2.16 bits per heavy atom. The van der Waals surface area contributed by atoms with Crippen molar-refractivity contribution in [2.75, 3.05) is 17.4 Å². The highest BCUT2D eigenvalue weighted by atomic mass is 32.2. The van der Waals surface area contributed by atoms with Crippen molar-refractivity contribution >= 4 is 27.5 Å². The average Bonchev–Trinajstić information content (AvgIpc) is 3.04. The molecule has 0 aliphatic heterocycles. The van der Waals surface area contributed by atoms with E-state index in [1.54, 1.807) is 55.5 Å². The topological polar surface area (TPSA) is 86.8 Å². The summed E-state index contributed by atoms with van der Waals surface area (Å²) in [6.07, 6.45) is 1.78. The van der Waals surface area contributed by atoms with Crippen LogP contribution in [0.2, 0.25) is 0 Å². The van der Waals surface area contributed by atoms with Gasteiger partial charge in [0, 0.05) is 25.1 Å². The van der Waals surface area contributed by atoms with Crippen LogP contribution in [-0.4, -0.2) is 44.3 Å². The van der Waals surface area contributed by atoms with E-state index < -0.39 is 34.3 Å². The van der Waals surface area contributed by atoms with Crippen molar-refractivity contribution < 1.29 is 22.4 Å². The van der Waals surface area contributed by atoms with Crippen molar-refractivity contribution in [1.29, 1.82) is 0 Å². The number of benzene rings is 4. The number of amides is 2. The summed E-state index contributed by atoms with van der Waals surface area (Å²) in [6.45, 7) is 5.28. The van der Waals surface area contributed by atoms with E-state index in [1.807, 2.05) is 50.2 Å². The Morgan fingerprint density at radius 1 is 0.844 bits per heavy atom. The largest absolute Gasteiger partial charge is 0.354 e. The molecule has 0 aliphatic rings. The van der Waals surface area contributed by atoms with Crippen LogP contribution in [0.15, 0.2) is 108 Å². The molecule has 4 aromatic rings. The van der Waals surface area contributed by atoms with Gasteiger partial charge in [-0.3, -0.25) is 13.9 Å². The second kappa shape index (κ2) is 15.5. The maximum Gasteiger partial charge on any atom is 0.264 e. The molecular formula is C36H40FN3O4S. The van der Waals surface area contributed by atoms with E-state index in [1.165, 1.54) is 23.1 Å². The van der Waals surface area contributed by atoms with Crippen molar-refractivity contribution in [3.8, 4) is 0 Å². The number of anilines is 1. The number of halogens is 1. The number of rotatable bonds is 14. The first kappa shape index (κ1) is 33.4. The lowest BCUT2D eigenvalue weighted by atomic mass is 10.0. The van der Waals surface area contributed by atoms with E-state index in [0.29, 0.717) is 17.8 Å². The van der Waals surface area contributed by atoms with E-state index in [2.05, 4.69) is 5.32 Å². The second-order valence-corrected chi connectivity index (χ2v) is 12.9. The van der Waals surface area contributed by atoms with Gasteiger partial charge in [0.15, 0.2) is 0 Å². The maximum absolute atomic E-state index is 15.0.